The first-order valence-electron chi connectivity index (χ1n) is 10.4. The van der Waals surface area contributed by atoms with Gasteiger partial charge in [-0.3, -0.25) is 4.90 Å². The molecule has 1 amide bonds. The standard InChI is InChI=1S/C17H17NO2.C7H15N/c19-17(20)18-12-6-10-13-7-4-5-11-15(13)16(18)14-8-2-1-3-9-14;1-7-3-5-8(2)6-4-7/h1-5,7-9,11,16H,6,10,12H2,(H,19,20);7H,3-6H2,1-2H3. The van der Waals surface area contributed by atoms with Crippen LogP contribution in [0.3, 0.4) is 0 Å². The number of carbonyl (C=O) groups is 1. The van der Waals surface area contributed by atoms with E-state index in [9.17, 15) is 9.90 Å². The van der Waals surface area contributed by atoms with E-state index < -0.39 is 6.09 Å². The molecule has 1 saturated heterocycles. The maximum Gasteiger partial charge on any atom is 0.408 e. The minimum absolute atomic E-state index is 0.201. The van der Waals surface area contributed by atoms with Crippen molar-refractivity contribution in [2.45, 2.75) is 38.6 Å². The van der Waals surface area contributed by atoms with Crippen LogP contribution in [0.5, 0.6) is 0 Å². The Kier molecular flexibility index (Phi) is 7.10. The zero-order valence-corrected chi connectivity index (χ0v) is 17.1. The van der Waals surface area contributed by atoms with Crippen molar-refractivity contribution in [2.24, 2.45) is 5.92 Å². The largest absolute Gasteiger partial charge is 0.465 e. The lowest BCUT2D eigenvalue weighted by atomic mass is 9.93. The maximum absolute atomic E-state index is 11.6. The number of fused-ring (bicyclic) bond motifs is 1. The summed E-state index contributed by atoms with van der Waals surface area (Å²) in [5.74, 6) is 0.978. The topological polar surface area (TPSA) is 43.8 Å². The average molecular weight is 381 g/mol. The van der Waals surface area contributed by atoms with Gasteiger partial charge in [0.05, 0.1) is 6.04 Å². The van der Waals surface area contributed by atoms with E-state index in [2.05, 4.69) is 24.9 Å². The van der Waals surface area contributed by atoms with Gasteiger partial charge in [0.25, 0.3) is 0 Å². The predicted octanol–water partition coefficient (Wildman–Crippen LogP) is 5.05. The number of benzene rings is 2. The second kappa shape index (κ2) is 9.74. The SMILES string of the molecule is CC1CCN(C)CC1.O=C(O)N1CCCc2ccccc2C1c1ccccc1. The zero-order valence-electron chi connectivity index (χ0n) is 17.1. The van der Waals surface area contributed by atoms with E-state index in [1.807, 2.05) is 48.5 Å². The molecule has 4 nitrogen and oxygen atoms in total. The molecule has 0 radical (unpaired) electrons. The van der Waals surface area contributed by atoms with Crippen LogP contribution in [0.4, 0.5) is 4.79 Å². The molecule has 1 N–H and O–H groups in total. The fourth-order valence-corrected chi connectivity index (χ4v) is 4.10. The molecule has 28 heavy (non-hydrogen) atoms. The van der Waals surface area contributed by atoms with Crippen LogP contribution >= 0.6 is 0 Å². The van der Waals surface area contributed by atoms with Gasteiger partial charge in [0.15, 0.2) is 0 Å². The van der Waals surface area contributed by atoms with Gasteiger partial charge in [0.2, 0.25) is 0 Å². The molecule has 1 fully saturated rings. The maximum atomic E-state index is 11.6. The van der Waals surface area contributed by atoms with Gasteiger partial charge in [0.1, 0.15) is 0 Å². The summed E-state index contributed by atoms with van der Waals surface area (Å²) in [6, 6.07) is 17.9. The first-order chi connectivity index (χ1) is 13.6. The Morgan fingerprint density at radius 3 is 2.25 bits per heavy atom. The van der Waals surface area contributed by atoms with Gasteiger partial charge in [-0.1, -0.05) is 61.5 Å². The van der Waals surface area contributed by atoms with E-state index in [0.717, 1.165) is 29.9 Å². The minimum Gasteiger partial charge on any atom is -0.465 e. The summed E-state index contributed by atoms with van der Waals surface area (Å²) in [6.07, 6.45) is 3.75. The minimum atomic E-state index is -0.851. The van der Waals surface area contributed by atoms with Gasteiger partial charge in [-0.15, -0.1) is 0 Å². The molecule has 0 saturated carbocycles. The summed E-state index contributed by atoms with van der Waals surface area (Å²) >= 11 is 0. The molecule has 0 bridgehead atoms. The molecule has 0 aliphatic carbocycles. The highest BCUT2D eigenvalue weighted by Gasteiger charge is 2.29. The van der Waals surface area contributed by atoms with Crippen molar-refractivity contribution in [2.75, 3.05) is 26.7 Å². The summed E-state index contributed by atoms with van der Waals surface area (Å²) in [4.78, 5) is 15.6. The lowest BCUT2D eigenvalue weighted by molar-refractivity contribution is 0.133. The number of likely N-dealkylation sites (tertiary alicyclic amines) is 1. The lowest BCUT2D eigenvalue weighted by Gasteiger charge is -2.29. The van der Waals surface area contributed by atoms with Gasteiger partial charge in [-0.25, -0.2) is 4.79 Å². The van der Waals surface area contributed by atoms with Crippen molar-refractivity contribution in [1.29, 1.82) is 0 Å². The van der Waals surface area contributed by atoms with Crippen LogP contribution in [0.25, 0.3) is 0 Å². The molecule has 1 atom stereocenters. The molecule has 2 aliphatic heterocycles. The van der Waals surface area contributed by atoms with Crippen molar-refractivity contribution < 1.29 is 9.90 Å². The quantitative estimate of drug-likeness (QED) is 0.753. The normalized spacial score (nSPS) is 20.5. The Morgan fingerprint density at radius 2 is 1.61 bits per heavy atom. The second-order valence-corrected chi connectivity index (χ2v) is 8.08. The van der Waals surface area contributed by atoms with E-state index in [1.54, 1.807) is 4.90 Å². The summed E-state index contributed by atoms with van der Waals surface area (Å²) in [5.41, 5.74) is 3.40. The highest BCUT2D eigenvalue weighted by Crippen LogP contribution is 2.34. The third kappa shape index (κ3) is 5.14. The number of nitrogens with zero attached hydrogens (tertiary/aromatic N) is 2. The Labute approximate surface area is 168 Å². The number of hydrogen-bond donors (Lipinski definition) is 1. The van der Waals surface area contributed by atoms with Crippen LogP contribution in [-0.2, 0) is 6.42 Å². The third-order valence-electron chi connectivity index (χ3n) is 5.87. The van der Waals surface area contributed by atoms with Crippen LogP contribution in [-0.4, -0.2) is 47.7 Å². The summed E-state index contributed by atoms with van der Waals surface area (Å²) in [6.45, 7) is 5.53. The fourth-order valence-electron chi connectivity index (χ4n) is 4.10. The van der Waals surface area contributed by atoms with Crippen LogP contribution in [0, 0.1) is 5.92 Å². The number of hydrogen-bond acceptors (Lipinski definition) is 2. The van der Waals surface area contributed by atoms with E-state index >= 15 is 0 Å². The molecule has 2 heterocycles. The van der Waals surface area contributed by atoms with Crippen LogP contribution in [0.15, 0.2) is 54.6 Å². The van der Waals surface area contributed by atoms with Gasteiger partial charge in [0, 0.05) is 6.54 Å². The summed E-state index contributed by atoms with van der Waals surface area (Å²) in [5, 5.41) is 9.55. The van der Waals surface area contributed by atoms with E-state index in [0.29, 0.717) is 6.54 Å². The molecule has 0 spiro atoms. The van der Waals surface area contributed by atoms with Gasteiger partial charge < -0.3 is 10.0 Å². The first-order valence-corrected chi connectivity index (χ1v) is 10.4. The molecule has 1 unspecified atom stereocenters. The molecule has 4 rings (SSSR count). The zero-order chi connectivity index (χ0) is 19.9. The predicted molar refractivity (Wildman–Crippen MR) is 114 cm³/mol. The van der Waals surface area contributed by atoms with E-state index in [1.165, 1.54) is 31.5 Å². The van der Waals surface area contributed by atoms with Crippen LogP contribution in [0.1, 0.15) is 48.9 Å². The van der Waals surface area contributed by atoms with Crippen molar-refractivity contribution >= 4 is 6.09 Å². The molecule has 2 aliphatic rings. The van der Waals surface area contributed by atoms with Crippen molar-refractivity contribution in [1.82, 2.24) is 9.80 Å². The van der Waals surface area contributed by atoms with Crippen molar-refractivity contribution in [3.63, 3.8) is 0 Å². The van der Waals surface area contributed by atoms with Gasteiger partial charge in [-0.2, -0.15) is 0 Å². The molecule has 150 valence electrons. The first kappa shape index (κ1) is 20.4. The van der Waals surface area contributed by atoms with E-state index in [4.69, 9.17) is 0 Å². The monoisotopic (exact) mass is 380 g/mol. The molecule has 2 aromatic rings. The van der Waals surface area contributed by atoms with Gasteiger partial charge >= 0.3 is 6.09 Å². The van der Waals surface area contributed by atoms with Crippen molar-refractivity contribution in [3.05, 3.63) is 71.3 Å². The summed E-state index contributed by atoms with van der Waals surface area (Å²) < 4.78 is 0. The smallest absolute Gasteiger partial charge is 0.408 e. The third-order valence-corrected chi connectivity index (χ3v) is 5.87. The highest BCUT2D eigenvalue weighted by atomic mass is 16.4. The Hall–Kier alpha value is -2.33. The summed E-state index contributed by atoms with van der Waals surface area (Å²) in [7, 11) is 2.20. The number of aryl methyl sites for hydroxylation is 1. The molecule has 4 heteroatoms. The lowest BCUT2D eigenvalue weighted by Crippen LogP contribution is -2.34. The Balaban J connectivity index is 0.000000236. The van der Waals surface area contributed by atoms with E-state index in [-0.39, 0.29) is 6.04 Å². The molecular weight excluding hydrogens is 348 g/mol. The number of rotatable bonds is 1. The average Bonchev–Trinajstić information content (AvgIpc) is 2.91. The Morgan fingerprint density at radius 1 is 0.964 bits per heavy atom. The number of carboxylic acid groups (broad SMARTS) is 1. The molecular formula is C24H32N2O2. The second-order valence-electron chi connectivity index (χ2n) is 8.08. The molecule has 0 aromatic heterocycles. The van der Waals surface area contributed by atoms with Gasteiger partial charge in [-0.05, 0) is 68.4 Å². The molecule has 2 aromatic carbocycles. The fraction of sp³-hybridized carbons (Fsp3) is 0.458. The highest BCUT2D eigenvalue weighted by molar-refractivity contribution is 5.67. The number of piperidine rings is 1. The Bertz CT molecular complexity index is 744. The number of amides is 1. The van der Waals surface area contributed by atoms with Crippen molar-refractivity contribution in [3.8, 4) is 0 Å². The van der Waals surface area contributed by atoms with Crippen LogP contribution < -0.4 is 0 Å². The van der Waals surface area contributed by atoms with Crippen LogP contribution in [0.2, 0.25) is 0 Å².